The fourth-order valence-corrected chi connectivity index (χ4v) is 2.07. The number of aryl methyl sites for hydroxylation is 1. The van der Waals surface area contributed by atoms with Crippen molar-refractivity contribution in [1.82, 2.24) is 0 Å². The maximum Gasteiger partial charge on any atom is 0.124 e. The molecule has 2 aromatic carbocycles. The van der Waals surface area contributed by atoms with Crippen molar-refractivity contribution < 1.29 is 4.74 Å². The smallest absolute Gasteiger partial charge is 0.124 e. The van der Waals surface area contributed by atoms with E-state index in [9.17, 15) is 0 Å². The highest BCUT2D eigenvalue weighted by Gasteiger charge is 2.08. The minimum atomic E-state index is -0.0618. The van der Waals surface area contributed by atoms with Crippen LogP contribution >= 0.6 is 0 Å². The molecule has 0 saturated heterocycles. The molecule has 0 radical (unpaired) electrons. The number of benzene rings is 2. The molecule has 3 nitrogen and oxygen atoms in total. The Kier molecular flexibility index (Phi) is 4.39. The van der Waals surface area contributed by atoms with Gasteiger partial charge in [0.1, 0.15) is 12.4 Å². The lowest BCUT2D eigenvalue weighted by Gasteiger charge is -2.14. The highest BCUT2D eigenvalue weighted by molar-refractivity contribution is 5.39. The molecule has 0 bridgehead atoms. The summed E-state index contributed by atoms with van der Waals surface area (Å²) < 4.78 is 5.88. The van der Waals surface area contributed by atoms with E-state index in [-0.39, 0.29) is 6.04 Å². The molecule has 0 heterocycles. The molecular formula is C17H18N2O. The SMILES string of the molecule is Cc1cc(C#N)ccc1COc1ccccc1C(C)N. The third kappa shape index (κ3) is 3.17. The number of nitrogens with zero attached hydrogens (tertiary/aromatic N) is 1. The minimum absolute atomic E-state index is 0.0618. The summed E-state index contributed by atoms with van der Waals surface area (Å²) in [6.45, 7) is 4.40. The van der Waals surface area contributed by atoms with Gasteiger partial charge < -0.3 is 10.5 Å². The Morgan fingerprint density at radius 3 is 2.65 bits per heavy atom. The molecule has 0 saturated carbocycles. The molecule has 0 aliphatic rings. The number of hydrogen-bond acceptors (Lipinski definition) is 3. The topological polar surface area (TPSA) is 59.0 Å². The van der Waals surface area contributed by atoms with Crippen molar-refractivity contribution in [3.63, 3.8) is 0 Å². The van der Waals surface area contributed by atoms with Gasteiger partial charge in [-0.2, -0.15) is 5.26 Å². The number of rotatable bonds is 4. The Bertz CT molecular complexity index is 642. The van der Waals surface area contributed by atoms with Crippen molar-refractivity contribution in [2.24, 2.45) is 5.73 Å². The number of hydrogen-bond donors (Lipinski definition) is 1. The van der Waals surface area contributed by atoms with Crippen LogP contribution in [0.1, 0.15) is 35.2 Å². The molecule has 0 fully saturated rings. The van der Waals surface area contributed by atoms with Gasteiger partial charge in [0, 0.05) is 11.6 Å². The Balaban J connectivity index is 2.15. The van der Waals surface area contributed by atoms with E-state index in [1.165, 1.54) is 0 Å². The van der Waals surface area contributed by atoms with Gasteiger partial charge in [-0.3, -0.25) is 0 Å². The second-order valence-electron chi connectivity index (χ2n) is 4.87. The van der Waals surface area contributed by atoms with Crippen molar-refractivity contribution in [2.75, 3.05) is 0 Å². The molecule has 102 valence electrons. The molecule has 1 atom stereocenters. The molecule has 0 aromatic heterocycles. The fraction of sp³-hybridized carbons (Fsp3) is 0.235. The first-order valence-electron chi connectivity index (χ1n) is 6.58. The summed E-state index contributed by atoms with van der Waals surface area (Å²) in [4.78, 5) is 0. The summed E-state index contributed by atoms with van der Waals surface area (Å²) in [5.41, 5.74) is 9.73. The van der Waals surface area contributed by atoms with Gasteiger partial charge in [-0.25, -0.2) is 0 Å². The van der Waals surface area contributed by atoms with Crippen LogP contribution in [0.3, 0.4) is 0 Å². The Hall–Kier alpha value is -2.31. The molecule has 0 amide bonds. The Labute approximate surface area is 119 Å². The summed E-state index contributed by atoms with van der Waals surface area (Å²) in [6.07, 6.45) is 0. The second kappa shape index (κ2) is 6.23. The number of nitrogens with two attached hydrogens (primary N) is 1. The molecule has 0 aliphatic heterocycles. The van der Waals surface area contributed by atoms with Crippen LogP contribution in [0, 0.1) is 18.3 Å². The zero-order valence-corrected chi connectivity index (χ0v) is 11.8. The van der Waals surface area contributed by atoms with E-state index in [2.05, 4.69) is 6.07 Å². The van der Waals surface area contributed by atoms with Gasteiger partial charge in [-0.1, -0.05) is 24.3 Å². The molecule has 3 heteroatoms. The van der Waals surface area contributed by atoms with E-state index in [0.717, 1.165) is 22.4 Å². The summed E-state index contributed by atoms with van der Waals surface area (Å²) in [5, 5.41) is 8.86. The van der Waals surface area contributed by atoms with Crippen LogP contribution < -0.4 is 10.5 Å². The molecule has 1 unspecified atom stereocenters. The predicted molar refractivity (Wildman–Crippen MR) is 79.3 cm³/mol. The molecular weight excluding hydrogens is 248 g/mol. The first-order valence-corrected chi connectivity index (χ1v) is 6.58. The second-order valence-corrected chi connectivity index (χ2v) is 4.87. The van der Waals surface area contributed by atoms with Crippen molar-refractivity contribution in [2.45, 2.75) is 26.5 Å². The maximum atomic E-state index is 8.86. The van der Waals surface area contributed by atoms with Crippen molar-refractivity contribution in [3.8, 4) is 11.8 Å². The highest BCUT2D eigenvalue weighted by Crippen LogP contribution is 2.24. The van der Waals surface area contributed by atoms with E-state index >= 15 is 0 Å². The lowest BCUT2D eigenvalue weighted by molar-refractivity contribution is 0.300. The van der Waals surface area contributed by atoms with E-state index in [4.69, 9.17) is 15.7 Å². The molecule has 2 rings (SSSR count). The number of ether oxygens (including phenoxy) is 1. The van der Waals surface area contributed by atoms with E-state index < -0.39 is 0 Å². The third-order valence-electron chi connectivity index (χ3n) is 3.26. The lowest BCUT2D eigenvalue weighted by Crippen LogP contribution is -2.08. The first-order chi connectivity index (χ1) is 9.61. The van der Waals surface area contributed by atoms with Crippen LogP contribution in [0.4, 0.5) is 0 Å². The Morgan fingerprint density at radius 1 is 1.25 bits per heavy atom. The van der Waals surface area contributed by atoms with Gasteiger partial charge in [0.05, 0.1) is 11.6 Å². The van der Waals surface area contributed by atoms with Crippen LogP contribution in [0.5, 0.6) is 5.75 Å². The summed E-state index contributed by atoms with van der Waals surface area (Å²) in [5.74, 6) is 0.811. The van der Waals surface area contributed by atoms with Gasteiger partial charge in [0.15, 0.2) is 0 Å². The Morgan fingerprint density at radius 2 is 2.00 bits per heavy atom. The van der Waals surface area contributed by atoms with Crippen LogP contribution in [0.2, 0.25) is 0 Å². The third-order valence-corrected chi connectivity index (χ3v) is 3.26. The van der Waals surface area contributed by atoms with Gasteiger partial charge in [0.25, 0.3) is 0 Å². The fourth-order valence-electron chi connectivity index (χ4n) is 2.07. The molecule has 0 aliphatic carbocycles. The largest absolute Gasteiger partial charge is 0.489 e. The standard InChI is InChI=1S/C17H18N2O/c1-12-9-14(10-18)7-8-15(12)11-20-17-6-4-3-5-16(17)13(2)19/h3-9,13H,11,19H2,1-2H3. The van der Waals surface area contributed by atoms with E-state index in [1.54, 1.807) is 0 Å². The average Bonchev–Trinajstić information content (AvgIpc) is 2.46. The predicted octanol–water partition coefficient (Wildman–Crippen LogP) is 3.47. The van der Waals surface area contributed by atoms with Crippen LogP contribution in [0.15, 0.2) is 42.5 Å². The van der Waals surface area contributed by atoms with Gasteiger partial charge in [-0.15, -0.1) is 0 Å². The quantitative estimate of drug-likeness (QED) is 0.921. The van der Waals surface area contributed by atoms with Gasteiger partial charge >= 0.3 is 0 Å². The maximum absolute atomic E-state index is 8.86. The van der Waals surface area contributed by atoms with E-state index in [1.807, 2.05) is 56.3 Å². The van der Waals surface area contributed by atoms with Crippen LogP contribution in [-0.4, -0.2) is 0 Å². The highest BCUT2D eigenvalue weighted by atomic mass is 16.5. The molecule has 20 heavy (non-hydrogen) atoms. The molecule has 2 N–H and O–H groups in total. The summed E-state index contributed by atoms with van der Waals surface area (Å²) >= 11 is 0. The first kappa shape index (κ1) is 14.1. The van der Waals surface area contributed by atoms with Crippen LogP contribution in [0.25, 0.3) is 0 Å². The lowest BCUT2D eigenvalue weighted by atomic mass is 10.1. The van der Waals surface area contributed by atoms with Crippen LogP contribution in [-0.2, 0) is 6.61 Å². The summed E-state index contributed by atoms with van der Waals surface area (Å²) in [7, 11) is 0. The van der Waals surface area contributed by atoms with Gasteiger partial charge in [0.2, 0.25) is 0 Å². The average molecular weight is 266 g/mol. The normalized spacial score (nSPS) is 11.7. The van der Waals surface area contributed by atoms with Crippen molar-refractivity contribution >= 4 is 0 Å². The summed E-state index contributed by atoms with van der Waals surface area (Å²) in [6, 6.07) is 15.5. The number of nitriles is 1. The monoisotopic (exact) mass is 266 g/mol. The number of para-hydroxylation sites is 1. The zero-order valence-electron chi connectivity index (χ0n) is 11.8. The molecule has 2 aromatic rings. The zero-order chi connectivity index (χ0) is 14.5. The molecule has 0 spiro atoms. The van der Waals surface area contributed by atoms with Gasteiger partial charge in [-0.05, 0) is 43.2 Å². The van der Waals surface area contributed by atoms with Crippen molar-refractivity contribution in [3.05, 3.63) is 64.7 Å². The minimum Gasteiger partial charge on any atom is -0.489 e. The van der Waals surface area contributed by atoms with E-state index in [0.29, 0.717) is 12.2 Å². The van der Waals surface area contributed by atoms with Crippen molar-refractivity contribution in [1.29, 1.82) is 5.26 Å².